The number of rotatable bonds is 5. The molecule has 1 aliphatic heterocycles. The molecule has 0 spiro atoms. The highest BCUT2D eigenvalue weighted by Crippen LogP contribution is 2.50. The first-order valence-electron chi connectivity index (χ1n) is 9.81. The Bertz CT molecular complexity index is 704. The number of aliphatic imine (C=N–C) groups is 1. The van der Waals surface area contributed by atoms with Crippen molar-refractivity contribution in [2.75, 3.05) is 6.61 Å². The maximum Gasteiger partial charge on any atom is 0.151 e. The monoisotopic (exact) mass is 365 g/mol. The zero-order valence-electron chi connectivity index (χ0n) is 15.7. The van der Waals surface area contributed by atoms with Crippen LogP contribution in [0.15, 0.2) is 65.7 Å². The Hall–Kier alpha value is -1.50. The number of benzene rings is 2. The van der Waals surface area contributed by atoms with Crippen LogP contribution in [-0.2, 0) is 4.74 Å². The first-order chi connectivity index (χ1) is 12.7. The molecular weight excluding hydrogens is 337 g/mol. The van der Waals surface area contributed by atoms with Crippen molar-refractivity contribution < 1.29 is 4.74 Å². The summed E-state index contributed by atoms with van der Waals surface area (Å²) in [6.45, 7) is 5.13. The Morgan fingerprint density at radius 2 is 1.54 bits per heavy atom. The summed E-state index contributed by atoms with van der Waals surface area (Å²) in [6, 6.07) is 22.2. The molecule has 0 radical (unpaired) electrons. The number of hydrogen-bond acceptors (Lipinski definition) is 2. The molecule has 2 aliphatic rings. The highest BCUT2D eigenvalue weighted by molar-refractivity contribution is 7.73. The molecule has 4 rings (SSSR count). The van der Waals surface area contributed by atoms with Crippen LogP contribution in [0.1, 0.15) is 33.1 Å². The molecule has 0 bridgehead atoms. The fraction of sp³-hybridized carbons (Fsp3) is 0.435. The number of nitrogens with zero attached hydrogens (tertiary/aromatic N) is 1. The fourth-order valence-electron chi connectivity index (χ4n) is 4.30. The van der Waals surface area contributed by atoms with Gasteiger partial charge in [-0.1, -0.05) is 80.9 Å². The molecule has 1 heterocycles. The highest BCUT2D eigenvalue weighted by Gasteiger charge is 2.39. The zero-order valence-corrected chi connectivity index (χ0v) is 16.6. The number of ether oxygens (including phenoxy) is 1. The van der Waals surface area contributed by atoms with E-state index in [2.05, 4.69) is 74.5 Å². The van der Waals surface area contributed by atoms with E-state index in [1.165, 1.54) is 35.6 Å². The molecule has 2 nitrogen and oxygen atoms in total. The SMILES string of the molecule is CC(C)C1N=C(C2CCC[C@H]2P(c2ccccc2)c2ccccc2)CO1. The summed E-state index contributed by atoms with van der Waals surface area (Å²) < 4.78 is 5.98. The fourth-order valence-corrected chi connectivity index (χ4v) is 7.47. The standard InChI is InChI=1S/C23H28NOP/c1-17(2)23-24-21(16-25-23)20-14-9-15-22(20)26(18-10-5-3-6-11-18)19-12-7-4-8-13-19/h3-8,10-13,17,20,22-23H,9,14-16H2,1-2H3/t20?,22-,23?/m1/s1. The van der Waals surface area contributed by atoms with Gasteiger partial charge in [0.15, 0.2) is 6.23 Å². The topological polar surface area (TPSA) is 21.6 Å². The summed E-state index contributed by atoms with van der Waals surface area (Å²) >= 11 is 0. The van der Waals surface area contributed by atoms with Gasteiger partial charge in [0.2, 0.25) is 0 Å². The van der Waals surface area contributed by atoms with Gasteiger partial charge in [-0.3, -0.25) is 4.99 Å². The summed E-state index contributed by atoms with van der Waals surface area (Å²) in [5.74, 6) is 1.03. The maximum atomic E-state index is 5.98. The van der Waals surface area contributed by atoms with Crippen molar-refractivity contribution in [1.82, 2.24) is 0 Å². The van der Waals surface area contributed by atoms with Crippen LogP contribution >= 0.6 is 7.92 Å². The van der Waals surface area contributed by atoms with Crippen molar-refractivity contribution >= 4 is 24.2 Å². The third-order valence-corrected chi connectivity index (χ3v) is 8.56. The second-order valence-corrected chi connectivity index (χ2v) is 10.1. The molecule has 1 saturated carbocycles. The molecule has 3 heteroatoms. The van der Waals surface area contributed by atoms with Crippen molar-refractivity contribution in [2.24, 2.45) is 16.8 Å². The summed E-state index contributed by atoms with van der Waals surface area (Å²) in [7, 11) is -0.373. The highest BCUT2D eigenvalue weighted by atomic mass is 31.1. The van der Waals surface area contributed by atoms with Crippen molar-refractivity contribution in [1.29, 1.82) is 0 Å². The lowest BCUT2D eigenvalue weighted by atomic mass is 10.0. The van der Waals surface area contributed by atoms with Crippen molar-refractivity contribution in [3.05, 3.63) is 60.7 Å². The molecular formula is C23H28NOP. The Kier molecular flexibility index (Phi) is 5.52. The molecule has 2 unspecified atom stereocenters. The van der Waals surface area contributed by atoms with Gasteiger partial charge in [0, 0.05) is 11.6 Å². The summed E-state index contributed by atoms with van der Waals surface area (Å²) in [5, 5.41) is 2.98. The first-order valence-corrected chi connectivity index (χ1v) is 11.2. The molecule has 0 N–H and O–H groups in total. The third kappa shape index (κ3) is 3.63. The molecule has 2 aromatic rings. The van der Waals surface area contributed by atoms with Gasteiger partial charge in [-0.25, -0.2) is 0 Å². The van der Waals surface area contributed by atoms with Crippen LogP contribution in [0, 0.1) is 11.8 Å². The average Bonchev–Trinajstić information content (AvgIpc) is 3.33. The normalized spacial score (nSPS) is 25.8. The lowest BCUT2D eigenvalue weighted by Gasteiger charge is -2.30. The van der Waals surface area contributed by atoms with E-state index in [0.717, 1.165) is 6.61 Å². The van der Waals surface area contributed by atoms with Gasteiger partial charge in [0.25, 0.3) is 0 Å². The van der Waals surface area contributed by atoms with Crippen molar-refractivity contribution in [3.63, 3.8) is 0 Å². The van der Waals surface area contributed by atoms with Crippen LogP contribution in [0.5, 0.6) is 0 Å². The van der Waals surface area contributed by atoms with Crippen molar-refractivity contribution in [3.8, 4) is 0 Å². The molecule has 0 saturated heterocycles. The lowest BCUT2D eigenvalue weighted by Crippen LogP contribution is -2.29. The Morgan fingerprint density at radius 1 is 0.923 bits per heavy atom. The Balaban J connectivity index is 1.68. The zero-order chi connectivity index (χ0) is 17.9. The van der Waals surface area contributed by atoms with Crippen LogP contribution in [0.3, 0.4) is 0 Å². The van der Waals surface area contributed by atoms with Crippen molar-refractivity contribution in [2.45, 2.75) is 45.0 Å². The van der Waals surface area contributed by atoms with E-state index < -0.39 is 0 Å². The largest absolute Gasteiger partial charge is 0.350 e. The van der Waals surface area contributed by atoms with E-state index in [-0.39, 0.29) is 14.1 Å². The van der Waals surface area contributed by atoms with Gasteiger partial charge in [-0.15, -0.1) is 0 Å². The predicted molar refractivity (Wildman–Crippen MR) is 112 cm³/mol. The second kappa shape index (κ2) is 8.03. The van der Waals surface area contributed by atoms with Gasteiger partial charge in [-0.2, -0.15) is 0 Å². The maximum absolute atomic E-state index is 5.98. The minimum Gasteiger partial charge on any atom is -0.350 e. The molecule has 0 aromatic heterocycles. The average molecular weight is 365 g/mol. The van der Waals surface area contributed by atoms with Crippen LogP contribution < -0.4 is 10.6 Å². The van der Waals surface area contributed by atoms with Crippen LogP contribution in [0.4, 0.5) is 0 Å². The summed E-state index contributed by atoms with van der Waals surface area (Å²) in [4.78, 5) is 4.99. The smallest absolute Gasteiger partial charge is 0.151 e. The lowest BCUT2D eigenvalue weighted by molar-refractivity contribution is 0.0725. The minimum absolute atomic E-state index is 0.0610. The molecule has 1 fully saturated rings. The van der Waals surface area contributed by atoms with E-state index in [1.807, 2.05) is 0 Å². The van der Waals surface area contributed by atoms with Gasteiger partial charge in [0.1, 0.15) is 0 Å². The molecule has 1 aliphatic carbocycles. The summed E-state index contributed by atoms with van der Waals surface area (Å²) in [6.07, 6.45) is 3.92. The van der Waals surface area contributed by atoms with E-state index in [0.29, 0.717) is 17.5 Å². The van der Waals surface area contributed by atoms with Gasteiger partial charge >= 0.3 is 0 Å². The third-order valence-electron chi connectivity index (χ3n) is 5.57. The number of hydrogen-bond donors (Lipinski definition) is 0. The molecule has 3 atom stereocenters. The molecule has 136 valence electrons. The Labute approximate surface area is 158 Å². The van der Waals surface area contributed by atoms with Gasteiger partial charge in [-0.05, 0) is 42.9 Å². The van der Waals surface area contributed by atoms with E-state index in [1.54, 1.807) is 0 Å². The Morgan fingerprint density at radius 3 is 2.08 bits per heavy atom. The van der Waals surface area contributed by atoms with E-state index in [9.17, 15) is 0 Å². The van der Waals surface area contributed by atoms with Crippen LogP contribution in [0.2, 0.25) is 0 Å². The predicted octanol–water partition coefficient (Wildman–Crippen LogP) is 4.74. The van der Waals surface area contributed by atoms with Crippen LogP contribution in [-0.4, -0.2) is 24.2 Å². The molecule has 0 amide bonds. The first kappa shape index (κ1) is 17.9. The van der Waals surface area contributed by atoms with E-state index in [4.69, 9.17) is 9.73 Å². The molecule has 26 heavy (non-hydrogen) atoms. The second-order valence-electron chi connectivity index (χ2n) is 7.71. The summed E-state index contributed by atoms with van der Waals surface area (Å²) in [5.41, 5.74) is 1.99. The van der Waals surface area contributed by atoms with Gasteiger partial charge < -0.3 is 4.74 Å². The van der Waals surface area contributed by atoms with Gasteiger partial charge in [0.05, 0.1) is 6.61 Å². The van der Waals surface area contributed by atoms with E-state index >= 15 is 0 Å². The molecule has 2 aromatic carbocycles. The quantitative estimate of drug-likeness (QED) is 0.701. The van der Waals surface area contributed by atoms with Crippen LogP contribution in [0.25, 0.3) is 0 Å². The minimum atomic E-state index is -0.373.